The minimum Gasteiger partial charge on any atom is -0.493 e. The van der Waals surface area contributed by atoms with Crippen LogP contribution in [-0.4, -0.2) is 39.0 Å². The van der Waals surface area contributed by atoms with E-state index >= 15 is 0 Å². The monoisotopic (exact) mass is 452 g/mol. The van der Waals surface area contributed by atoms with Gasteiger partial charge in [-0.15, -0.1) is 0 Å². The molecule has 33 heavy (non-hydrogen) atoms. The molecule has 0 N–H and O–H groups in total. The van der Waals surface area contributed by atoms with Gasteiger partial charge in [-0.1, -0.05) is 37.4 Å². The van der Waals surface area contributed by atoms with Crippen LogP contribution in [0.4, 0.5) is 0 Å². The molecule has 0 aromatic heterocycles. The third-order valence-electron chi connectivity index (χ3n) is 4.95. The Morgan fingerprint density at radius 2 is 1.15 bits per heavy atom. The number of ether oxygens (including phenoxy) is 4. The molecular formula is C27H32O6. The molecule has 0 aliphatic heterocycles. The zero-order chi connectivity index (χ0) is 24.1. The van der Waals surface area contributed by atoms with Crippen LogP contribution in [0.15, 0.2) is 61.7 Å². The predicted molar refractivity (Wildman–Crippen MR) is 129 cm³/mol. The van der Waals surface area contributed by atoms with Gasteiger partial charge in [-0.05, 0) is 48.2 Å². The number of hydrogen-bond donors (Lipinski definition) is 0. The summed E-state index contributed by atoms with van der Waals surface area (Å²) in [6.45, 7) is 8.03. The summed E-state index contributed by atoms with van der Waals surface area (Å²) in [5, 5.41) is 0. The van der Waals surface area contributed by atoms with Crippen molar-refractivity contribution in [3.63, 3.8) is 0 Å². The second kappa shape index (κ2) is 13.8. The van der Waals surface area contributed by atoms with Crippen LogP contribution < -0.4 is 18.9 Å². The lowest BCUT2D eigenvalue weighted by atomic mass is 10.0. The topological polar surface area (TPSA) is 71.1 Å². The summed E-state index contributed by atoms with van der Waals surface area (Å²) < 4.78 is 21.8. The molecule has 2 aromatic rings. The third-order valence-corrected chi connectivity index (χ3v) is 4.95. The van der Waals surface area contributed by atoms with Crippen molar-refractivity contribution in [1.29, 1.82) is 0 Å². The molecule has 0 saturated carbocycles. The number of carbonyl (C=O) groups excluding carboxylic acids is 2. The molecule has 0 saturated heterocycles. The fraction of sp³-hybridized carbons (Fsp3) is 0.333. The lowest BCUT2D eigenvalue weighted by Crippen LogP contribution is -2.09. The van der Waals surface area contributed by atoms with Gasteiger partial charge in [0.05, 0.1) is 20.6 Å². The Balaban J connectivity index is 1.82. The first-order valence-corrected chi connectivity index (χ1v) is 10.8. The largest absolute Gasteiger partial charge is 0.493 e. The lowest BCUT2D eigenvalue weighted by Gasteiger charge is -2.11. The van der Waals surface area contributed by atoms with E-state index in [1.165, 1.54) is 0 Å². The van der Waals surface area contributed by atoms with Gasteiger partial charge in [-0.25, -0.2) is 0 Å². The number of Topliss-reactive ketones (excluding diaryl/α,β-unsaturated/α-hetero) is 2. The fourth-order valence-corrected chi connectivity index (χ4v) is 3.24. The van der Waals surface area contributed by atoms with Gasteiger partial charge in [-0.3, -0.25) is 9.59 Å². The first-order chi connectivity index (χ1) is 16.0. The first kappa shape index (κ1) is 25.7. The summed E-state index contributed by atoms with van der Waals surface area (Å²) in [5.41, 5.74) is 1.90. The summed E-state index contributed by atoms with van der Waals surface area (Å²) in [7, 11) is 3.14. The minimum atomic E-state index is -0.0725. The zero-order valence-electron chi connectivity index (χ0n) is 19.4. The highest BCUT2D eigenvalue weighted by Gasteiger charge is 2.13. The smallest absolute Gasteiger partial charge is 0.161 e. The molecule has 0 bridgehead atoms. The van der Waals surface area contributed by atoms with Crippen molar-refractivity contribution in [3.8, 4) is 23.0 Å². The Hall–Kier alpha value is -3.54. The highest BCUT2D eigenvalue weighted by Crippen LogP contribution is 2.29. The van der Waals surface area contributed by atoms with Crippen molar-refractivity contribution in [2.24, 2.45) is 0 Å². The van der Waals surface area contributed by atoms with E-state index in [0.717, 1.165) is 11.1 Å². The van der Waals surface area contributed by atoms with Crippen LogP contribution in [-0.2, 0) is 22.4 Å². The van der Waals surface area contributed by atoms with Crippen molar-refractivity contribution >= 4 is 11.6 Å². The maximum absolute atomic E-state index is 12.3. The van der Waals surface area contributed by atoms with Crippen molar-refractivity contribution in [3.05, 3.63) is 72.8 Å². The molecule has 0 radical (unpaired) electrons. The van der Waals surface area contributed by atoms with Crippen LogP contribution >= 0.6 is 0 Å². The van der Waals surface area contributed by atoms with Gasteiger partial charge in [0.25, 0.3) is 0 Å². The molecule has 0 atom stereocenters. The lowest BCUT2D eigenvalue weighted by molar-refractivity contribution is -0.126. The number of ketones is 2. The summed E-state index contributed by atoms with van der Waals surface area (Å²) in [6, 6.07) is 11.1. The van der Waals surface area contributed by atoms with E-state index in [1.807, 2.05) is 36.4 Å². The highest BCUT2D eigenvalue weighted by atomic mass is 16.5. The number of methoxy groups -OCH3 is 2. The van der Waals surface area contributed by atoms with E-state index in [0.29, 0.717) is 61.9 Å². The Bertz CT molecular complexity index is 886. The number of hydrogen-bond acceptors (Lipinski definition) is 6. The van der Waals surface area contributed by atoms with E-state index in [2.05, 4.69) is 13.2 Å². The summed E-state index contributed by atoms with van der Waals surface area (Å²) in [5.74, 6) is 2.32. The van der Waals surface area contributed by atoms with E-state index in [1.54, 1.807) is 26.4 Å². The number of carbonyl (C=O) groups is 2. The van der Waals surface area contributed by atoms with Crippen molar-refractivity contribution in [2.75, 3.05) is 27.4 Å². The van der Waals surface area contributed by atoms with Gasteiger partial charge in [-0.2, -0.15) is 0 Å². The van der Waals surface area contributed by atoms with Crippen LogP contribution in [0.3, 0.4) is 0 Å². The quantitative estimate of drug-likeness (QED) is 0.266. The van der Waals surface area contributed by atoms with E-state index in [4.69, 9.17) is 18.9 Å². The van der Waals surface area contributed by atoms with Crippen LogP contribution in [0.1, 0.15) is 30.4 Å². The first-order valence-electron chi connectivity index (χ1n) is 10.8. The average Bonchev–Trinajstić information content (AvgIpc) is 2.83. The van der Waals surface area contributed by atoms with Crippen molar-refractivity contribution < 1.29 is 28.5 Å². The summed E-state index contributed by atoms with van der Waals surface area (Å²) in [4.78, 5) is 24.6. The predicted octanol–water partition coefficient (Wildman–Crippen LogP) is 4.93. The molecule has 6 heteroatoms. The SMILES string of the molecule is C=CCOc1ccc(CCC(=O)CC(=O)CCc2ccc(OCC=C)c(OC)c2)cc1OC. The molecule has 6 nitrogen and oxygen atoms in total. The van der Waals surface area contributed by atoms with Gasteiger partial charge in [0.15, 0.2) is 23.0 Å². The van der Waals surface area contributed by atoms with Gasteiger partial charge in [0.2, 0.25) is 0 Å². The van der Waals surface area contributed by atoms with Crippen molar-refractivity contribution in [1.82, 2.24) is 0 Å². The molecule has 0 fully saturated rings. The molecular weight excluding hydrogens is 420 g/mol. The molecule has 2 aromatic carbocycles. The van der Waals surface area contributed by atoms with E-state index in [9.17, 15) is 9.59 Å². The Kier molecular flexibility index (Phi) is 10.7. The van der Waals surface area contributed by atoms with Crippen LogP contribution in [0.2, 0.25) is 0 Å². The van der Waals surface area contributed by atoms with Gasteiger partial charge in [0, 0.05) is 12.8 Å². The highest BCUT2D eigenvalue weighted by molar-refractivity contribution is 5.99. The van der Waals surface area contributed by atoms with Crippen LogP contribution in [0, 0.1) is 0 Å². The van der Waals surface area contributed by atoms with Gasteiger partial charge in [0.1, 0.15) is 24.8 Å². The molecule has 2 rings (SSSR count). The second-order valence-electron chi connectivity index (χ2n) is 7.42. The summed E-state index contributed by atoms with van der Waals surface area (Å²) in [6.07, 6.45) is 4.92. The van der Waals surface area contributed by atoms with E-state index in [-0.39, 0.29) is 18.0 Å². The zero-order valence-corrected chi connectivity index (χ0v) is 19.4. The van der Waals surface area contributed by atoms with Gasteiger partial charge >= 0.3 is 0 Å². The number of benzene rings is 2. The maximum atomic E-state index is 12.3. The van der Waals surface area contributed by atoms with E-state index < -0.39 is 0 Å². The Labute approximate surface area is 195 Å². The minimum absolute atomic E-state index is 0.0602. The fourth-order valence-electron chi connectivity index (χ4n) is 3.24. The molecule has 0 aliphatic carbocycles. The van der Waals surface area contributed by atoms with Crippen molar-refractivity contribution in [2.45, 2.75) is 32.1 Å². The maximum Gasteiger partial charge on any atom is 0.161 e. The Morgan fingerprint density at radius 3 is 1.52 bits per heavy atom. The molecule has 0 spiro atoms. The molecule has 176 valence electrons. The van der Waals surface area contributed by atoms with Crippen LogP contribution in [0.5, 0.6) is 23.0 Å². The molecule has 0 heterocycles. The standard InChI is InChI=1S/C27H32O6/c1-5-15-32-24-13-9-20(17-26(24)30-3)7-11-22(28)19-23(29)12-8-21-10-14-25(33-16-6-2)27(18-21)31-4/h5-6,9-10,13-14,17-18H,1-2,7-8,11-12,15-16,19H2,3-4H3. The average molecular weight is 453 g/mol. The molecule has 0 unspecified atom stereocenters. The number of aryl methyl sites for hydroxylation is 2. The second-order valence-corrected chi connectivity index (χ2v) is 7.42. The van der Waals surface area contributed by atoms with Gasteiger partial charge < -0.3 is 18.9 Å². The van der Waals surface area contributed by atoms with Crippen LogP contribution in [0.25, 0.3) is 0 Å². The third kappa shape index (κ3) is 8.48. The normalized spacial score (nSPS) is 10.2. The summed E-state index contributed by atoms with van der Waals surface area (Å²) >= 11 is 0. The molecule has 0 aliphatic rings. The number of rotatable bonds is 16. The molecule has 0 amide bonds. The Morgan fingerprint density at radius 1 is 0.727 bits per heavy atom.